The number of hydrogen-bond donors (Lipinski definition) is 2. The molecule has 1 saturated carbocycles. The van der Waals surface area contributed by atoms with Gasteiger partial charge in [0.1, 0.15) is 11.4 Å². The van der Waals surface area contributed by atoms with Gasteiger partial charge in [-0.15, -0.1) is 0 Å². The molecule has 2 aromatic rings. The van der Waals surface area contributed by atoms with Crippen LogP contribution >= 0.6 is 0 Å². The van der Waals surface area contributed by atoms with E-state index in [1.54, 1.807) is 32.9 Å². The van der Waals surface area contributed by atoms with Gasteiger partial charge in [-0.05, 0) is 69.9 Å². The molecule has 1 amide bonds. The number of rotatable bonds is 11. The normalized spacial score (nSPS) is 16.4. The van der Waals surface area contributed by atoms with Crippen molar-refractivity contribution in [3.63, 3.8) is 0 Å². The molecule has 0 heterocycles. The molecule has 0 spiro atoms. The van der Waals surface area contributed by atoms with Crippen LogP contribution in [0.15, 0.2) is 59.5 Å². The van der Waals surface area contributed by atoms with E-state index in [9.17, 15) is 18.3 Å². The Morgan fingerprint density at radius 3 is 2.27 bits per heavy atom. The van der Waals surface area contributed by atoms with Gasteiger partial charge in [0, 0.05) is 0 Å². The standard InChI is InChI=1S/C27H38N2O7S/c1-27(2,3)35-26(31)28-24(18-20-10-6-5-7-11-20)25(30)19-29(36-22-12-8-9-13-22)37(32,33)23-16-14-21(34-4)15-17-23/h5-7,10-11,14-17,22,24-25,30H,8-9,12-13,18-19H2,1-4H3,(H,28,31)/t24-,25-/m0/s1. The minimum absolute atomic E-state index is 0.0122. The first-order chi connectivity index (χ1) is 17.5. The summed E-state index contributed by atoms with van der Waals surface area (Å²) in [6, 6.07) is 14.5. The highest BCUT2D eigenvalue weighted by Crippen LogP contribution is 2.27. The molecule has 0 bridgehead atoms. The van der Waals surface area contributed by atoms with Crippen molar-refractivity contribution in [2.45, 2.75) is 81.6 Å². The molecule has 2 aromatic carbocycles. The van der Waals surface area contributed by atoms with Gasteiger partial charge in [-0.1, -0.05) is 47.6 Å². The number of nitrogens with one attached hydrogen (secondary N) is 1. The molecule has 10 heteroatoms. The summed E-state index contributed by atoms with van der Waals surface area (Å²) in [5.41, 5.74) is 0.130. The lowest BCUT2D eigenvalue weighted by Gasteiger charge is -2.31. The van der Waals surface area contributed by atoms with Crippen LogP contribution in [0.1, 0.15) is 52.0 Å². The Morgan fingerprint density at radius 2 is 1.70 bits per heavy atom. The summed E-state index contributed by atoms with van der Waals surface area (Å²) in [5, 5.41) is 14.0. The van der Waals surface area contributed by atoms with Crippen molar-refractivity contribution in [1.29, 1.82) is 0 Å². The summed E-state index contributed by atoms with van der Waals surface area (Å²) in [4.78, 5) is 18.6. The second-order valence-corrected chi connectivity index (χ2v) is 12.0. The summed E-state index contributed by atoms with van der Waals surface area (Å²) in [6.45, 7) is 4.85. The molecule has 1 aliphatic carbocycles. The molecule has 2 N–H and O–H groups in total. The smallest absolute Gasteiger partial charge is 0.407 e. The minimum Gasteiger partial charge on any atom is -0.497 e. The van der Waals surface area contributed by atoms with Crippen LogP contribution in [-0.4, -0.2) is 61.6 Å². The predicted molar refractivity (Wildman–Crippen MR) is 140 cm³/mol. The monoisotopic (exact) mass is 534 g/mol. The molecule has 0 saturated heterocycles. The molecule has 0 aliphatic heterocycles. The van der Waals surface area contributed by atoms with E-state index in [2.05, 4.69) is 5.32 Å². The van der Waals surface area contributed by atoms with Crippen molar-refractivity contribution >= 4 is 16.1 Å². The lowest BCUT2D eigenvalue weighted by atomic mass is 10.0. The van der Waals surface area contributed by atoms with E-state index in [1.807, 2.05) is 30.3 Å². The number of hydroxylamine groups is 1. The molecule has 0 aromatic heterocycles. The first-order valence-corrected chi connectivity index (χ1v) is 14.0. The number of benzene rings is 2. The first-order valence-electron chi connectivity index (χ1n) is 12.5. The maximum atomic E-state index is 13.6. The van der Waals surface area contributed by atoms with Crippen LogP contribution in [0.2, 0.25) is 0 Å². The van der Waals surface area contributed by atoms with E-state index in [0.717, 1.165) is 35.7 Å². The third-order valence-corrected chi connectivity index (χ3v) is 7.63. The zero-order valence-electron chi connectivity index (χ0n) is 21.9. The Hall–Kier alpha value is -2.66. The fourth-order valence-corrected chi connectivity index (χ4v) is 5.41. The molecular formula is C27H38N2O7S. The quantitative estimate of drug-likeness (QED) is 0.418. The average Bonchev–Trinajstić information content (AvgIpc) is 3.36. The van der Waals surface area contributed by atoms with Crippen molar-refractivity contribution in [1.82, 2.24) is 9.79 Å². The number of ether oxygens (including phenoxy) is 2. The Bertz CT molecular complexity index is 1100. The van der Waals surface area contributed by atoms with Gasteiger partial charge in [-0.3, -0.25) is 4.84 Å². The Balaban J connectivity index is 1.86. The van der Waals surface area contributed by atoms with Crippen LogP contribution in [0.3, 0.4) is 0 Å². The van der Waals surface area contributed by atoms with Crippen LogP contribution in [0.4, 0.5) is 4.79 Å². The molecule has 2 atom stereocenters. The number of nitrogens with zero attached hydrogens (tertiary/aromatic N) is 1. The van der Waals surface area contributed by atoms with Crippen molar-refractivity contribution < 1.29 is 32.6 Å². The molecule has 3 rings (SSSR count). The molecule has 204 valence electrons. The van der Waals surface area contributed by atoms with E-state index >= 15 is 0 Å². The van der Waals surface area contributed by atoms with Crippen LogP contribution in [-0.2, 0) is 26.0 Å². The summed E-state index contributed by atoms with van der Waals surface area (Å²) < 4.78 is 38.6. The highest BCUT2D eigenvalue weighted by Gasteiger charge is 2.35. The van der Waals surface area contributed by atoms with Crippen LogP contribution in [0.25, 0.3) is 0 Å². The zero-order valence-corrected chi connectivity index (χ0v) is 22.7. The second-order valence-electron chi connectivity index (χ2n) is 10.2. The highest BCUT2D eigenvalue weighted by molar-refractivity contribution is 7.89. The van der Waals surface area contributed by atoms with Crippen LogP contribution < -0.4 is 10.1 Å². The van der Waals surface area contributed by atoms with E-state index in [-0.39, 0.29) is 24.0 Å². The minimum atomic E-state index is -4.12. The average molecular weight is 535 g/mol. The number of methoxy groups -OCH3 is 1. The molecular weight excluding hydrogens is 496 g/mol. The van der Waals surface area contributed by atoms with E-state index in [1.165, 1.54) is 19.2 Å². The summed E-state index contributed by atoms with van der Waals surface area (Å²) in [7, 11) is -2.62. The van der Waals surface area contributed by atoms with Gasteiger partial charge in [0.25, 0.3) is 10.0 Å². The van der Waals surface area contributed by atoms with Crippen LogP contribution in [0.5, 0.6) is 5.75 Å². The largest absolute Gasteiger partial charge is 0.497 e. The number of aliphatic hydroxyl groups is 1. The van der Waals surface area contributed by atoms with Crippen molar-refractivity contribution in [2.24, 2.45) is 0 Å². The number of sulfonamides is 1. The molecule has 37 heavy (non-hydrogen) atoms. The second kappa shape index (κ2) is 12.7. The number of amides is 1. The van der Waals surface area contributed by atoms with Crippen molar-refractivity contribution in [2.75, 3.05) is 13.7 Å². The third kappa shape index (κ3) is 8.70. The topological polar surface area (TPSA) is 114 Å². The highest BCUT2D eigenvalue weighted by atomic mass is 32.2. The molecule has 0 unspecified atom stereocenters. The summed E-state index contributed by atoms with van der Waals surface area (Å²) in [5.74, 6) is 0.520. The number of hydrogen-bond acceptors (Lipinski definition) is 7. The Morgan fingerprint density at radius 1 is 1.08 bits per heavy atom. The third-order valence-electron chi connectivity index (χ3n) is 6.00. The van der Waals surface area contributed by atoms with Crippen molar-refractivity contribution in [3.05, 3.63) is 60.2 Å². The van der Waals surface area contributed by atoms with Gasteiger partial charge in [-0.2, -0.15) is 0 Å². The number of carbonyl (C=O) groups excluding carboxylic acids is 1. The maximum absolute atomic E-state index is 13.6. The molecule has 0 radical (unpaired) electrons. The van der Waals surface area contributed by atoms with Gasteiger partial charge in [0.15, 0.2) is 0 Å². The predicted octanol–water partition coefficient (Wildman–Crippen LogP) is 4.06. The Kier molecular flexibility index (Phi) is 9.94. The Labute approximate surface area is 219 Å². The number of carbonyl (C=O) groups is 1. The van der Waals surface area contributed by atoms with E-state index in [4.69, 9.17) is 14.3 Å². The van der Waals surface area contributed by atoms with Gasteiger partial charge < -0.3 is 19.9 Å². The fraction of sp³-hybridized carbons (Fsp3) is 0.519. The van der Waals surface area contributed by atoms with Crippen molar-refractivity contribution in [3.8, 4) is 5.75 Å². The SMILES string of the molecule is COc1ccc(S(=O)(=O)N(C[C@H](O)[C@H](Cc2ccccc2)NC(=O)OC(C)(C)C)OC2CCCC2)cc1. The fourth-order valence-electron chi connectivity index (χ4n) is 4.11. The van der Waals surface area contributed by atoms with E-state index < -0.39 is 33.9 Å². The summed E-state index contributed by atoms with van der Waals surface area (Å²) in [6.07, 6.45) is 1.35. The lowest BCUT2D eigenvalue weighted by molar-refractivity contribution is -0.145. The zero-order chi connectivity index (χ0) is 27.1. The number of alkyl carbamates (subject to hydrolysis) is 1. The molecule has 1 aliphatic rings. The number of aliphatic hydroxyl groups excluding tert-OH is 1. The van der Waals surface area contributed by atoms with Gasteiger partial charge >= 0.3 is 6.09 Å². The maximum Gasteiger partial charge on any atom is 0.407 e. The van der Waals surface area contributed by atoms with Gasteiger partial charge in [-0.25, -0.2) is 13.2 Å². The van der Waals surface area contributed by atoms with Gasteiger partial charge in [0.05, 0.1) is 36.8 Å². The van der Waals surface area contributed by atoms with Crippen LogP contribution in [0, 0.1) is 0 Å². The van der Waals surface area contributed by atoms with Gasteiger partial charge in [0.2, 0.25) is 0 Å². The molecule has 1 fully saturated rings. The van der Waals surface area contributed by atoms with E-state index in [0.29, 0.717) is 5.75 Å². The summed E-state index contributed by atoms with van der Waals surface area (Å²) >= 11 is 0. The lowest BCUT2D eigenvalue weighted by Crippen LogP contribution is -2.51. The molecule has 9 nitrogen and oxygen atoms in total. The first kappa shape index (κ1) is 28.9.